The smallest absolute Gasteiger partial charge is 0.198 e. The second-order valence-electron chi connectivity index (χ2n) is 4.21. The molecule has 1 aromatic carbocycles. The fourth-order valence-electron chi connectivity index (χ4n) is 1.82. The average molecular weight is 203 g/mol. The molecule has 2 aromatic rings. The fourth-order valence-corrected chi connectivity index (χ4v) is 1.82. The van der Waals surface area contributed by atoms with Gasteiger partial charge in [-0.05, 0) is 31.0 Å². The quantitative estimate of drug-likeness (QED) is 0.752. The zero-order valence-electron chi connectivity index (χ0n) is 9.58. The summed E-state index contributed by atoms with van der Waals surface area (Å²) in [7, 11) is 0. The summed E-state index contributed by atoms with van der Waals surface area (Å²) in [6.07, 6.45) is 2.30. The summed E-state index contributed by atoms with van der Waals surface area (Å²) >= 11 is 0. The molecule has 2 rings (SSSR count). The number of aryl methyl sites for hydroxylation is 1. The van der Waals surface area contributed by atoms with E-state index < -0.39 is 0 Å². The third-order valence-electron chi connectivity index (χ3n) is 2.70. The van der Waals surface area contributed by atoms with Crippen molar-refractivity contribution >= 4 is 11.1 Å². The van der Waals surface area contributed by atoms with Crippen LogP contribution in [-0.2, 0) is 0 Å². The predicted octanol–water partition coefficient (Wildman–Crippen LogP) is 4.04. The summed E-state index contributed by atoms with van der Waals surface area (Å²) < 4.78 is 5.75. The fraction of sp³-hybridized carbons (Fsp3) is 0.462. The van der Waals surface area contributed by atoms with Crippen molar-refractivity contribution in [2.24, 2.45) is 0 Å². The van der Waals surface area contributed by atoms with Crippen molar-refractivity contribution in [3.05, 3.63) is 29.7 Å². The van der Waals surface area contributed by atoms with E-state index in [1.807, 2.05) is 12.1 Å². The van der Waals surface area contributed by atoms with Gasteiger partial charge in [0.1, 0.15) is 5.52 Å². The Hall–Kier alpha value is -1.31. The highest BCUT2D eigenvalue weighted by Gasteiger charge is 2.12. The van der Waals surface area contributed by atoms with Crippen LogP contribution in [0.1, 0.15) is 44.1 Å². The molecule has 0 aliphatic heterocycles. The highest BCUT2D eigenvalue weighted by Crippen LogP contribution is 2.24. The maximum absolute atomic E-state index is 5.75. The second-order valence-corrected chi connectivity index (χ2v) is 4.21. The van der Waals surface area contributed by atoms with E-state index in [1.165, 1.54) is 12.0 Å². The van der Waals surface area contributed by atoms with Crippen LogP contribution in [0.3, 0.4) is 0 Å². The largest absolute Gasteiger partial charge is 0.440 e. The molecule has 2 nitrogen and oxygen atoms in total. The normalized spacial score (nSPS) is 13.3. The van der Waals surface area contributed by atoms with Gasteiger partial charge in [0.2, 0.25) is 0 Å². The first-order chi connectivity index (χ1) is 7.20. The van der Waals surface area contributed by atoms with Gasteiger partial charge in [-0.3, -0.25) is 0 Å². The third kappa shape index (κ3) is 2.04. The second kappa shape index (κ2) is 4.05. The lowest BCUT2D eigenvalue weighted by molar-refractivity contribution is 0.467. The minimum Gasteiger partial charge on any atom is -0.440 e. The zero-order valence-corrected chi connectivity index (χ0v) is 9.58. The van der Waals surface area contributed by atoms with Gasteiger partial charge in [-0.15, -0.1) is 0 Å². The monoisotopic (exact) mass is 203 g/mol. The Bertz CT molecular complexity index is 459. The Morgan fingerprint density at radius 3 is 2.93 bits per heavy atom. The van der Waals surface area contributed by atoms with Crippen molar-refractivity contribution in [2.75, 3.05) is 0 Å². The van der Waals surface area contributed by atoms with E-state index in [9.17, 15) is 0 Å². The molecule has 80 valence electrons. The minimum atomic E-state index is 0.419. The SMILES string of the molecule is CCC[C@H](C)c1nc2ccc(C)cc2o1. The standard InChI is InChI=1S/C13H17NO/c1-4-5-10(3)13-14-11-7-6-9(2)8-12(11)15-13/h6-8,10H,4-5H2,1-3H3/t10-/m0/s1. The molecule has 0 N–H and O–H groups in total. The van der Waals surface area contributed by atoms with Crippen LogP contribution < -0.4 is 0 Å². The van der Waals surface area contributed by atoms with Gasteiger partial charge >= 0.3 is 0 Å². The molecule has 0 aliphatic rings. The molecule has 1 heterocycles. The van der Waals surface area contributed by atoms with Crippen molar-refractivity contribution < 1.29 is 4.42 Å². The van der Waals surface area contributed by atoms with Crippen LogP contribution in [0.2, 0.25) is 0 Å². The molecule has 0 saturated carbocycles. The number of aromatic nitrogens is 1. The number of fused-ring (bicyclic) bond motifs is 1. The third-order valence-corrected chi connectivity index (χ3v) is 2.70. The number of benzene rings is 1. The maximum atomic E-state index is 5.75. The Morgan fingerprint density at radius 1 is 1.40 bits per heavy atom. The lowest BCUT2D eigenvalue weighted by Gasteiger charge is -2.02. The summed E-state index contributed by atoms with van der Waals surface area (Å²) in [5, 5.41) is 0. The van der Waals surface area contributed by atoms with Crippen molar-refractivity contribution in [1.82, 2.24) is 4.98 Å². The Morgan fingerprint density at radius 2 is 2.20 bits per heavy atom. The van der Waals surface area contributed by atoms with E-state index in [1.54, 1.807) is 0 Å². The molecule has 2 heteroatoms. The number of nitrogens with zero attached hydrogens (tertiary/aromatic N) is 1. The number of rotatable bonds is 3. The van der Waals surface area contributed by atoms with E-state index in [-0.39, 0.29) is 0 Å². The molecule has 0 aliphatic carbocycles. The molecule has 0 radical (unpaired) electrons. The summed E-state index contributed by atoms with van der Waals surface area (Å²) in [5.41, 5.74) is 3.10. The molecule has 0 amide bonds. The molecule has 0 bridgehead atoms. The molecular formula is C13H17NO. The molecule has 0 fully saturated rings. The Kier molecular flexibility index (Phi) is 2.76. The van der Waals surface area contributed by atoms with Crippen molar-refractivity contribution in [3.63, 3.8) is 0 Å². The van der Waals surface area contributed by atoms with Crippen molar-refractivity contribution in [3.8, 4) is 0 Å². The van der Waals surface area contributed by atoms with Crippen molar-refractivity contribution in [1.29, 1.82) is 0 Å². The Balaban J connectivity index is 2.38. The highest BCUT2D eigenvalue weighted by atomic mass is 16.3. The molecular weight excluding hydrogens is 186 g/mol. The number of hydrogen-bond donors (Lipinski definition) is 0. The minimum absolute atomic E-state index is 0.419. The van der Waals surface area contributed by atoms with Gasteiger partial charge in [-0.2, -0.15) is 0 Å². The van der Waals surface area contributed by atoms with Crippen LogP contribution in [0, 0.1) is 6.92 Å². The van der Waals surface area contributed by atoms with Gasteiger partial charge in [0, 0.05) is 5.92 Å². The predicted molar refractivity (Wildman–Crippen MR) is 62.1 cm³/mol. The van der Waals surface area contributed by atoms with E-state index in [0.29, 0.717) is 5.92 Å². The van der Waals surface area contributed by atoms with Gasteiger partial charge in [0.15, 0.2) is 11.5 Å². The van der Waals surface area contributed by atoms with E-state index >= 15 is 0 Å². The van der Waals surface area contributed by atoms with Crippen LogP contribution in [-0.4, -0.2) is 4.98 Å². The van der Waals surface area contributed by atoms with Crippen LogP contribution in [0.5, 0.6) is 0 Å². The number of hydrogen-bond acceptors (Lipinski definition) is 2. The molecule has 1 atom stereocenters. The first-order valence-corrected chi connectivity index (χ1v) is 5.57. The van der Waals surface area contributed by atoms with Crippen molar-refractivity contribution in [2.45, 2.75) is 39.5 Å². The van der Waals surface area contributed by atoms with E-state index in [2.05, 4.69) is 31.8 Å². The first-order valence-electron chi connectivity index (χ1n) is 5.57. The van der Waals surface area contributed by atoms with Gasteiger partial charge in [-0.25, -0.2) is 4.98 Å². The summed E-state index contributed by atoms with van der Waals surface area (Å²) in [6.45, 7) is 6.42. The van der Waals surface area contributed by atoms with Gasteiger partial charge < -0.3 is 4.42 Å². The summed E-state index contributed by atoms with van der Waals surface area (Å²) in [6, 6.07) is 6.14. The molecule has 0 saturated heterocycles. The highest BCUT2D eigenvalue weighted by molar-refractivity contribution is 5.73. The Labute approximate surface area is 90.3 Å². The lowest BCUT2D eigenvalue weighted by atomic mass is 10.1. The topological polar surface area (TPSA) is 26.0 Å². The summed E-state index contributed by atoms with van der Waals surface area (Å²) in [5.74, 6) is 1.29. The average Bonchev–Trinajstić information content (AvgIpc) is 2.60. The molecule has 15 heavy (non-hydrogen) atoms. The van der Waals surface area contributed by atoms with Crippen LogP contribution in [0.15, 0.2) is 22.6 Å². The molecule has 0 spiro atoms. The van der Waals surface area contributed by atoms with Crippen LogP contribution in [0.25, 0.3) is 11.1 Å². The lowest BCUT2D eigenvalue weighted by Crippen LogP contribution is -1.91. The molecule has 0 unspecified atom stereocenters. The first kappa shape index (κ1) is 10.2. The van der Waals surface area contributed by atoms with Gasteiger partial charge in [0.25, 0.3) is 0 Å². The van der Waals surface area contributed by atoms with Crippen LogP contribution >= 0.6 is 0 Å². The van der Waals surface area contributed by atoms with Crippen LogP contribution in [0.4, 0.5) is 0 Å². The van der Waals surface area contributed by atoms with E-state index in [0.717, 1.165) is 23.4 Å². The van der Waals surface area contributed by atoms with E-state index in [4.69, 9.17) is 4.42 Å². The number of oxazole rings is 1. The van der Waals surface area contributed by atoms with Gasteiger partial charge in [-0.1, -0.05) is 26.3 Å². The summed E-state index contributed by atoms with van der Waals surface area (Å²) in [4.78, 5) is 4.51. The van der Waals surface area contributed by atoms with Gasteiger partial charge in [0.05, 0.1) is 0 Å². The molecule has 1 aromatic heterocycles. The zero-order chi connectivity index (χ0) is 10.8. The maximum Gasteiger partial charge on any atom is 0.198 e.